The Morgan fingerprint density at radius 1 is 1.24 bits per heavy atom. The van der Waals surface area contributed by atoms with E-state index in [1.165, 1.54) is 11.0 Å². The largest absolute Gasteiger partial charge is 0.325 e. The number of benzene rings is 1. The highest BCUT2D eigenvalue weighted by Gasteiger charge is 2.51. The number of amides is 3. The first-order chi connectivity index (χ1) is 10.0. The van der Waals surface area contributed by atoms with Crippen LogP contribution < -0.4 is 5.32 Å². The molecule has 1 spiro atoms. The average molecular weight is 355 g/mol. The normalized spacial score (nSPS) is 21.0. The third-order valence-electron chi connectivity index (χ3n) is 4.28. The Balaban J connectivity index is 1.80. The maximum absolute atomic E-state index is 13.2. The van der Waals surface area contributed by atoms with Crippen LogP contribution in [0.5, 0.6) is 0 Å². The molecule has 0 aromatic heterocycles. The number of urea groups is 1. The second-order valence-corrected chi connectivity index (χ2v) is 6.57. The van der Waals surface area contributed by atoms with Crippen LogP contribution in [-0.4, -0.2) is 22.4 Å². The number of hydrogen-bond donors (Lipinski definition) is 1. The highest BCUT2D eigenvalue weighted by atomic mass is 79.9. The average Bonchev–Trinajstić information content (AvgIpc) is 2.68. The summed E-state index contributed by atoms with van der Waals surface area (Å²) in [6.07, 6.45) is 4.45. The standard InChI is InChI=1S/C15H16BrFN2O2/c16-11-8-10(4-5-12(11)17)9-19-13(20)15(18-14(19)21)6-2-1-3-7-15/h4-5,8H,1-3,6-7,9H2,(H,18,21). The second-order valence-electron chi connectivity index (χ2n) is 5.71. The van der Waals surface area contributed by atoms with E-state index in [0.717, 1.165) is 24.8 Å². The van der Waals surface area contributed by atoms with Crippen molar-refractivity contribution >= 4 is 27.9 Å². The molecular formula is C15H16BrFN2O2. The number of hydrogen-bond acceptors (Lipinski definition) is 2. The molecule has 0 bridgehead atoms. The minimum Gasteiger partial charge on any atom is -0.323 e. The third kappa shape index (κ3) is 2.57. The van der Waals surface area contributed by atoms with E-state index in [9.17, 15) is 14.0 Å². The minimum absolute atomic E-state index is 0.146. The van der Waals surface area contributed by atoms with Crippen LogP contribution >= 0.6 is 15.9 Å². The molecule has 2 fully saturated rings. The van der Waals surface area contributed by atoms with Gasteiger partial charge in [-0.1, -0.05) is 25.3 Å². The third-order valence-corrected chi connectivity index (χ3v) is 4.89. The molecule has 0 atom stereocenters. The number of nitrogens with zero attached hydrogens (tertiary/aromatic N) is 1. The first-order valence-corrected chi connectivity index (χ1v) is 7.89. The Labute approximate surface area is 130 Å². The first kappa shape index (κ1) is 14.5. The maximum Gasteiger partial charge on any atom is 0.325 e. The minimum atomic E-state index is -0.702. The summed E-state index contributed by atoms with van der Waals surface area (Å²) in [4.78, 5) is 26.0. The van der Waals surface area contributed by atoms with Crippen LogP contribution in [0.4, 0.5) is 9.18 Å². The number of nitrogens with one attached hydrogen (secondary N) is 1. The quantitative estimate of drug-likeness (QED) is 0.828. The summed E-state index contributed by atoms with van der Waals surface area (Å²) < 4.78 is 13.6. The number of imide groups is 1. The van der Waals surface area contributed by atoms with Crippen LogP contribution in [0.3, 0.4) is 0 Å². The predicted molar refractivity (Wildman–Crippen MR) is 79.0 cm³/mol. The molecule has 1 heterocycles. The molecule has 1 N–H and O–H groups in total. The van der Waals surface area contributed by atoms with Gasteiger partial charge in [0.15, 0.2) is 0 Å². The van der Waals surface area contributed by atoms with Gasteiger partial charge in [0, 0.05) is 0 Å². The molecule has 1 aromatic carbocycles. The van der Waals surface area contributed by atoms with Crippen molar-refractivity contribution in [2.75, 3.05) is 0 Å². The lowest BCUT2D eigenvalue weighted by molar-refractivity contribution is -0.132. The Morgan fingerprint density at radius 3 is 2.62 bits per heavy atom. The van der Waals surface area contributed by atoms with Gasteiger partial charge in [-0.25, -0.2) is 9.18 Å². The lowest BCUT2D eigenvalue weighted by Gasteiger charge is -2.30. The van der Waals surface area contributed by atoms with Crippen molar-refractivity contribution in [3.05, 3.63) is 34.1 Å². The zero-order valence-electron chi connectivity index (χ0n) is 11.5. The van der Waals surface area contributed by atoms with Crippen LogP contribution in [0.15, 0.2) is 22.7 Å². The smallest absolute Gasteiger partial charge is 0.323 e. The summed E-state index contributed by atoms with van der Waals surface area (Å²) in [5.41, 5.74) is 0.0201. The van der Waals surface area contributed by atoms with E-state index in [2.05, 4.69) is 21.2 Å². The first-order valence-electron chi connectivity index (χ1n) is 7.10. The Bertz CT molecular complexity index is 599. The Kier molecular flexibility index (Phi) is 3.73. The van der Waals surface area contributed by atoms with Crippen molar-refractivity contribution in [2.45, 2.75) is 44.2 Å². The van der Waals surface area contributed by atoms with Gasteiger partial charge in [0.25, 0.3) is 5.91 Å². The molecule has 1 saturated carbocycles. The zero-order chi connectivity index (χ0) is 15.0. The molecule has 2 aliphatic rings. The highest BCUT2D eigenvalue weighted by Crippen LogP contribution is 2.34. The molecule has 112 valence electrons. The number of carbonyl (C=O) groups excluding carboxylic acids is 2. The lowest BCUT2D eigenvalue weighted by atomic mass is 9.82. The fourth-order valence-corrected chi connectivity index (χ4v) is 3.56. The molecule has 1 saturated heterocycles. The topological polar surface area (TPSA) is 49.4 Å². The molecule has 6 heteroatoms. The highest BCUT2D eigenvalue weighted by molar-refractivity contribution is 9.10. The van der Waals surface area contributed by atoms with E-state index in [-0.39, 0.29) is 24.3 Å². The number of carbonyl (C=O) groups is 2. The summed E-state index contributed by atoms with van der Waals surface area (Å²) in [6, 6.07) is 4.17. The van der Waals surface area contributed by atoms with Crippen LogP contribution in [0.2, 0.25) is 0 Å². The fraction of sp³-hybridized carbons (Fsp3) is 0.467. The van der Waals surface area contributed by atoms with E-state index in [1.54, 1.807) is 12.1 Å². The molecule has 1 aliphatic carbocycles. The van der Waals surface area contributed by atoms with Gasteiger partial charge in [0.05, 0.1) is 11.0 Å². The lowest BCUT2D eigenvalue weighted by Crippen LogP contribution is -2.48. The predicted octanol–water partition coefficient (Wildman–Crippen LogP) is 3.34. The summed E-state index contributed by atoms with van der Waals surface area (Å²) >= 11 is 3.12. The van der Waals surface area contributed by atoms with Gasteiger partial charge >= 0.3 is 6.03 Å². The van der Waals surface area contributed by atoms with Crippen LogP contribution in [0.1, 0.15) is 37.7 Å². The summed E-state index contributed by atoms with van der Waals surface area (Å²) in [5, 5.41) is 2.87. The Hall–Kier alpha value is -1.43. The van der Waals surface area contributed by atoms with Crippen LogP contribution in [-0.2, 0) is 11.3 Å². The van der Waals surface area contributed by atoms with Crippen LogP contribution in [0.25, 0.3) is 0 Å². The van der Waals surface area contributed by atoms with E-state index >= 15 is 0 Å². The molecule has 4 nitrogen and oxygen atoms in total. The van der Waals surface area contributed by atoms with E-state index in [1.807, 2.05) is 0 Å². The van der Waals surface area contributed by atoms with Gasteiger partial charge in [-0.2, -0.15) is 0 Å². The van der Waals surface area contributed by atoms with Gasteiger partial charge in [0.2, 0.25) is 0 Å². The summed E-state index contributed by atoms with van der Waals surface area (Å²) in [7, 11) is 0. The molecule has 1 aliphatic heterocycles. The van der Waals surface area contributed by atoms with Crippen molar-refractivity contribution in [1.82, 2.24) is 10.2 Å². The van der Waals surface area contributed by atoms with Crippen molar-refractivity contribution in [3.8, 4) is 0 Å². The monoisotopic (exact) mass is 354 g/mol. The molecule has 0 radical (unpaired) electrons. The van der Waals surface area contributed by atoms with Crippen molar-refractivity contribution in [1.29, 1.82) is 0 Å². The number of rotatable bonds is 2. The van der Waals surface area contributed by atoms with Gasteiger partial charge in [-0.05, 0) is 46.5 Å². The van der Waals surface area contributed by atoms with Gasteiger partial charge in [-0.3, -0.25) is 9.69 Å². The molecule has 1 aromatic rings. The molecule has 21 heavy (non-hydrogen) atoms. The molecule has 3 rings (SSSR count). The van der Waals surface area contributed by atoms with Crippen molar-refractivity contribution in [3.63, 3.8) is 0 Å². The van der Waals surface area contributed by atoms with Crippen molar-refractivity contribution < 1.29 is 14.0 Å². The summed E-state index contributed by atoms with van der Waals surface area (Å²) in [6.45, 7) is 0.172. The Morgan fingerprint density at radius 2 is 1.95 bits per heavy atom. The molecular weight excluding hydrogens is 339 g/mol. The zero-order valence-corrected chi connectivity index (χ0v) is 13.1. The van der Waals surface area contributed by atoms with E-state index in [4.69, 9.17) is 0 Å². The molecule has 3 amide bonds. The van der Waals surface area contributed by atoms with Gasteiger partial charge in [-0.15, -0.1) is 0 Å². The SMILES string of the molecule is O=C1NC2(CCCCC2)C(=O)N1Cc1ccc(F)c(Br)c1. The fourth-order valence-electron chi connectivity index (χ4n) is 3.13. The van der Waals surface area contributed by atoms with Crippen LogP contribution in [0, 0.1) is 5.82 Å². The van der Waals surface area contributed by atoms with E-state index < -0.39 is 5.54 Å². The van der Waals surface area contributed by atoms with Gasteiger partial charge < -0.3 is 5.32 Å². The van der Waals surface area contributed by atoms with Crippen molar-refractivity contribution in [2.24, 2.45) is 0 Å². The second kappa shape index (κ2) is 5.40. The maximum atomic E-state index is 13.2. The molecule has 0 unspecified atom stereocenters. The number of halogens is 2. The van der Waals surface area contributed by atoms with E-state index in [0.29, 0.717) is 17.3 Å². The summed E-state index contributed by atoms with van der Waals surface area (Å²) in [5.74, 6) is -0.507. The van der Waals surface area contributed by atoms with Gasteiger partial charge in [0.1, 0.15) is 11.4 Å².